The highest BCUT2D eigenvalue weighted by Crippen LogP contribution is 2.35. The summed E-state index contributed by atoms with van der Waals surface area (Å²) in [5.74, 6) is -0.196. The first kappa shape index (κ1) is 27.4. The molecule has 0 unspecified atom stereocenters. The number of benzene rings is 3. The Bertz CT molecular complexity index is 1520. The van der Waals surface area contributed by atoms with E-state index in [9.17, 15) is 14.4 Å². The van der Waals surface area contributed by atoms with E-state index in [2.05, 4.69) is 15.6 Å². The Morgan fingerprint density at radius 3 is 2.41 bits per heavy atom. The molecule has 4 aromatic rings. The summed E-state index contributed by atoms with van der Waals surface area (Å²) in [5.41, 5.74) is 4.39. The van der Waals surface area contributed by atoms with Crippen LogP contribution in [0.5, 0.6) is 5.75 Å². The van der Waals surface area contributed by atoms with Gasteiger partial charge in [-0.1, -0.05) is 60.2 Å². The minimum Gasteiger partial charge on any atom is -0.496 e. The topological polar surface area (TPSA) is 110 Å². The monoisotopic (exact) mass is 550 g/mol. The Kier molecular flexibility index (Phi) is 8.24. The van der Waals surface area contributed by atoms with Gasteiger partial charge in [0.05, 0.1) is 19.2 Å². The fourth-order valence-corrected chi connectivity index (χ4v) is 4.68. The lowest BCUT2D eigenvalue weighted by atomic mass is 10.00. The molecule has 0 bridgehead atoms. The fourth-order valence-electron chi connectivity index (χ4n) is 4.68. The van der Waals surface area contributed by atoms with Crippen LogP contribution in [0.15, 0.2) is 97.3 Å². The van der Waals surface area contributed by atoms with Crippen molar-refractivity contribution in [1.29, 1.82) is 0 Å². The number of rotatable bonds is 9. The number of methoxy groups -OCH3 is 1. The van der Waals surface area contributed by atoms with Gasteiger partial charge >= 0.3 is 6.09 Å². The predicted octanol–water partition coefficient (Wildman–Crippen LogP) is 5.03. The molecule has 2 atom stereocenters. The summed E-state index contributed by atoms with van der Waals surface area (Å²) in [5, 5.41) is 5.79. The average molecular weight is 551 g/mol. The van der Waals surface area contributed by atoms with Gasteiger partial charge in [0.2, 0.25) is 5.91 Å². The summed E-state index contributed by atoms with van der Waals surface area (Å²) in [7, 11) is 1.51. The zero-order valence-electron chi connectivity index (χ0n) is 22.7. The molecule has 3 aromatic carbocycles. The summed E-state index contributed by atoms with van der Waals surface area (Å²) < 4.78 is 11.1. The Balaban J connectivity index is 1.36. The van der Waals surface area contributed by atoms with E-state index in [-0.39, 0.29) is 24.9 Å². The molecule has 1 saturated heterocycles. The van der Waals surface area contributed by atoms with Gasteiger partial charge in [0, 0.05) is 24.6 Å². The second-order valence-electron chi connectivity index (χ2n) is 9.72. The SMILES string of the molecule is COc1ccccc1C(=O)Nc1ccc([C@H]2OC(=O)N(Cc3ccc(C)cc3)[C@H]2C(=O)NCc2cccnc2)cc1. The van der Waals surface area contributed by atoms with Gasteiger partial charge in [-0.05, 0) is 53.9 Å². The van der Waals surface area contributed by atoms with Gasteiger partial charge in [0.1, 0.15) is 5.75 Å². The van der Waals surface area contributed by atoms with E-state index < -0.39 is 18.2 Å². The van der Waals surface area contributed by atoms with E-state index >= 15 is 0 Å². The highest BCUT2D eigenvalue weighted by Gasteiger charge is 2.46. The Morgan fingerprint density at radius 1 is 0.951 bits per heavy atom. The average Bonchev–Trinajstić information content (AvgIpc) is 3.33. The maximum Gasteiger partial charge on any atom is 0.411 e. The lowest BCUT2D eigenvalue weighted by Crippen LogP contribution is -2.46. The smallest absolute Gasteiger partial charge is 0.411 e. The van der Waals surface area contributed by atoms with Gasteiger partial charge in [0.15, 0.2) is 12.1 Å². The number of aromatic nitrogens is 1. The number of carbonyl (C=O) groups excluding carboxylic acids is 3. The molecule has 1 aromatic heterocycles. The molecule has 9 heteroatoms. The maximum absolute atomic E-state index is 13.6. The number of hydrogen-bond acceptors (Lipinski definition) is 6. The van der Waals surface area contributed by atoms with Crippen LogP contribution in [0.2, 0.25) is 0 Å². The van der Waals surface area contributed by atoms with Gasteiger partial charge < -0.3 is 20.1 Å². The van der Waals surface area contributed by atoms with Crippen molar-refractivity contribution < 1.29 is 23.9 Å². The molecule has 0 aliphatic carbocycles. The minimum atomic E-state index is -0.908. The van der Waals surface area contributed by atoms with E-state index in [0.717, 1.165) is 16.7 Å². The molecule has 1 aliphatic rings. The second-order valence-corrected chi connectivity index (χ2v) is 9.72. The van der Waals surface area contributed by atoms with Crippen molar-refractivity contribution in [2.75, 3.05) is 12.4 Å². The molecule has 0 saturated carbocycles. The van der Waals surface area contributed by atoms with Gasteiger partial charge in [-0.2, -0.15) is 0 Å². The van der Waals surface area contributed by atoms with Crippen LogP contribution in [0.25, 0.3) is 0 Å². The third kappa shape index (κ3) is 6.36. The third-order valence-electron chi connectivity index (χ3n) is 6.87. The summed E-state index contributed by atoms with van der Waals surface area (Å²) in [6, 6.07) is 24.4. The lowest BCUT2D eigenvalue weighted by Gasteiger charge is -2.24. The van der Waals surface area contributed by atoms with Crippen molar-refractivity contribution in [1.82, 2.24) is 15.2 Å². The van der Waals surface area contributed by atoms with Crippen LogP contribution in [-0.2, 0) is 22.6 Å². The number of cyclic esters (lactones) is 1. The molecule has 208 valence electrons. The number of para-hydroxylation sites is 1. The van der Waals surface area contributed by atoms with E-state index in [1.165, 1.54) is 12.0 Å². The van der Waals surface area contributed by atoms with Crippen molar-refractivity contribution in [3.8, 4) is 5.75 Å². The van der Waals surface area contributed by atoms with Crippen molar-refractivity contribution in [3.05, 3.63) is 125 Å². The van der Waals surface area contributed by atoms with Gasteiger partial charge in [-0.15, -0.1) is 0 Å². The van der Waals surface area contributed by atoms with E-state index in [0.29, 0.717) is 22.6 Å². The quantitative estimate of drug-likeness (QED) is 0.303. The number of anilines is 1. The normalized spacial score (nSPS) is 16.1. The van der Waals surface area contributed by atoms with E-state index in [1.54, 1.807) is 67.0 Å². The zero-order valence-corrected chi connectivity index (χ0v) is 22.7. The molecule has 1 fully saturated rings. The fraction of sp³-hybridized carbons (Fsp3) is 0.188. The van der Waals surface area contributed by atoms with Crippen LogP contribution in [0.1, 0.15) is 38.7 Å². The molecule has 5 rings (SSSR count). The van der Waals surface area contributed by atoms with Gasteiger partial charge in [-0.25, -0.2) is 4.79 Å². The number of pyridine rings is 1. The number of nitrogens with one attached hydrogen (secondary N) is 2. The van der Waals surface area contributed by atoms with Crippen LogP contribution in [0.3, 0.4) is 0 Å². The number of aryl methyl sites for hydroxylation is 1. The number of carbonyl (C=O) groups is 3. The molecule has 0 radical (unpaired) electrons. The van der Waals surface area contributed by atoms with E-state index in [1.807, 2.05) is 37.3 Å². The molecule has 9 nitrogen and oxygen atoms in total. The third-order valence-corrected chi connectivity index (χ3v) is 6.87. The number of hydrogen-bond donors (Lipinski definition) is 2. The highest BCUT2D eigenvalue weighted by atomic mass is 16.6. The number of amides is 3. The van der Waals surface area contributed by atoms with Crippen molar-refractivity contribution in [2.45, 2.75) is 32.2 Å². The van der Waals surface area contributed by atoms with Crippen molar-refractivity contribution in [2.24, 2.45) is 0 Å². The highest BCUT2D eigenvalue weighted by molar-refractivity contribution is 6.06. The Labute approximate surface area is 238 Å². The van der Waals surface area contributed by atoms with E-state index in [4.69, 9.17) is 9.47 Å². The van der Waals surface area contributed by atoms with Crippen LogP contribution < -0.4 is 15.4 Å². The zero-order chi connectivity index (χ0) is 28.8. The second kappa shape index (κ2) is 12.3. The van der Waals surface area contributed by atoms with Crippen molar-refractivity contribution in [3.63, 3.8) is 0 Å². The van der Waals surface area contributed by atoms with Crippen LogP contribution in [0.4, 0.5) is 10.5 Å². The van der Waals surface area contributed by atoms with Gasteiger partial charge in [0.25, 0.3) is 5.91 Å². The molecule has 0 spiro atoms. The maximum atomic E-state index is 13.6. The molecular formula is C32H30N4O5. The standard InChI is InChI=1S/C32H30N4O5/c1-21-9-11-22(12-10-21)20-36-28(31(38)34-19-23-6-5-17-33-18-23)29(41-32(36)39)24-13-15-25(16-14-24)35-30(37)26-7-3-4-8-27(26)40-2/h3-18,28-29H,19-20H2,1-2H3,(H,34,38)(H,35,37)/t28-,29-/m1/s1. The first-order valence-electron chi connectivity index (χ1n) is 13.2. The predicted molar refractivity (Wildman–Crippen MR) is 153 cm³/mol. The Morgan fingerprint density at radius 2 is 1.71 bits per heavy atom. The molecule has 3 amide bonds. The first-order chi connectivity index (χ1) is 19.9. The van der Waals surface area contributed by atoms with Crippen LogP contribution >= 0.6 is 0 Å². The van der Waals surface area contributed by atoms with Crippen molar-refractivity contribution >= 4 is 23.6 Å². The molecular weight excluding hydrogens is 520 g/mol. The van der Waals surface area contributed by atoms with Crippen LogP contribution in [-0.4, -0.2) is 40.9 Å². The lowest BCUT2D eigenvalue weighted by molar-refractivity contribution is -0.126. The van der Waals surface area contributed by atoms with Crippen LogP contribution in [0, 0.1) is 6.92 Å². The largest absolute Gasteiger partial charge is 0.496 e. The molecule has 41 heavy (non-hydrogen) atoms. The first-order valence-corrected chi connectivity index (χ1v) is 13.2. The molecule has 1 aliphatic heterocycles. The number of ether oxygens (including phenoxy) is 2. The summed E-state index contributed by atoms with van der Waals surface area (Å²) in [6.45, 7) is 2.46. The summed E-state index contributed by atoms with van der Waals surface area (Å²) in [4.78, 5) is 45.0. The summed E-state index contributed by atoms with van der Waals surface area (Å²) >= 11 is 0. The summed E-state index contributed by atoms with van der Waals surface area (Å²) in [6.07, 6.45) is 1.92. The molecule has 2 heterocycles. The Hall–Kier alpha value is -5.18. The minimum absolute atomic E-state index is 0.216. The van der Waals surface area contributed by atoms with Gasteiger partial charge in [-0.3, -0.25) is 19.5 Å². The molecule has 2 N–H and O–H groups in total. The number of nitrogens with zero attached hydrogens (tertiary/aromatic N) is 2.